The van der Waals surface area contributed by atoms with Gasteiger partial charge < -0.3 is 4.90 Å². The van der Waals surface area contributed by atoms with Crippen LogP contribution in [-0.2, 0) is 6.42 Å². The molecule has 0 radical (unpaired) electrons. The van der Waals surface area contributed by atoms with E-state index < -0.39 is 5.91 Å². The highest BCUT2D eigenvalue weighted by molar-refractivity contribution is 7.09. The zero-order valence-electron chi connectivity index (χ0n) is 12.8. The number of carbonyl (C=O) groups is 1. The molecule has 120 valence electrons. The zero-order chi connectivity index (χ0) is 16.2. The average molecular weight is 331 g/mol. The second-order valence-electron chi connectivity index (χ2n) is 5.47. The molecule has 1 saturated heterocycles. The summed E-state index contributed by atoms with van der Waals surface area (Å²) in [4.78, 5) is 36.8. The van der Waals surface area contributed by atoms with Gasteiger partial charge in [0.25, 0.3) is 0 Å². The normalized spacial score (nSPS) is 15.6. The first kappa shape index (κ1) is 15.7. The van der Waals surface area contributed by atoms with E-state index >= 15 is 0 Å². The maximum Gasteiger partial charge on any atom is 0.335 e. The van der Waals surface area contributed by atoms with Crippen molar-refractivity contribution in [2.75, 3.05) is 18.0 Å². The number of piperidine rings is 1. The van der Waals surface area contributed by atoms with E-state index in [9.17, 15) is 9.70 Å². The van der Waals surface area contributed by atoms with Gasteiger partial charge in [-0.15, -0.1) is 16.2 Å². The average Bonchev–Trinajstić information content (AvgIpc) is 3.11. The molecular weight excluding hydrogens is 314 g/mol. The first-order valence-electron chi connectivity index (χ1n) is 7.60. The quantitative estimate of drug-likeness (QED) is 0.800. The van der Waals surface area contributed by atoms with Crippen molar-refractivity contribution >= 4 is 23.2 Å². The molecular formula is C15H17N5O2S. The van der Waals surface area contributed by atoms with Crippen molar-refractivity contribution in [2.45, 2.75) is 32.1 Å². The van der Waals surface area contributed by atoms with E-state index in [2.05, 4.69) is 32.0 Å². The summed E-state index contributed by atoms with van der Waals surface area (Å²) in [5, 5.41) is 4.92. The van der Waals surface area contributed by atoms with Gasteiger partial charge in [-0.2, -0.15) is 0 Å². The number of hydrogen-bond acceptors (Lipinski definition) is 7. The number of nitroso groups, excluding NO2 is 1. The van der Waals surface area contributed by atoms with E-state index in [4.69, 9.17) is 0 Å². The Hall–Kier alpha value is -2.22. The lowest BCUT2D eigenvalue weighted by molar-refractivity contribution is 0.0996. The first-order chi connectivity index (χ1) is 11.2. The van der Waals surface area contributed by atoms with Gasteiger partial charge in [0.2, 0.25) is 5.95 Å². The van der Waals surface area contributed by atoms with Gasteiger partial charge in [-0.1, -0.05) is 6.92 Å². The number of carbonyl (C=O) groups excluding carboxylic acids is 1. The fraction of sp³-hybridized carbons (Fsp3) is 0.467. The standard InChI is InChI=1S/C15H17N5O2S/c1-2-10-7-16-15(17-8-10)20-5-3-11(4-6-20)14-18-12(9-23-14)13(21)19-22/h7-9,11H,2-6H2,1H3. The highest BCUT2D eigenvalue weighted by atomic mass is 32.1. The number of aryl methyl sites for hydroxylation is 1. The third-order valence-corrected chi connectivity index (χ3v) is 5.06. The summed E-state index contributed by atoms with van der Waals surface area (Å²) in [5.41, 5.74) is 1.29. The van der Waals surface area contributed by atoms with Crippen molar-refractivity contribution < 1.29 is 4.79 Å². The van der Waals surface area contributed by atoms with Gasteiger partial charge in [-0.25, -0.2) is 15.0 Å². The lowest BCUT2D eigenvalue weighted by Crippen LogP contribution is -2.34. The minimum absolute atomic E-state index is 0.154. The summed E-state index contributed by atoms with van der Waals surface area (Å²) in [7, 11) is 0. The second kappa shape index (κ2) is 6.91. The third kappa shape index (κ3) is 3.42. The Bertz CT molecular complexity index is 692. The number of anilines is 1. The molecule has 0 saturated carbocycles. The van der Waals surface area contributed by atoms with Gasteiger partial charge in [0.1, 0.15) is 5.69 Å². The first-order valence-corrected chi connectivity index (χ1v) is 8.48. The molecule has 0 bridgehead atoms. The van der Waals surface area contributed by atoms with Gasteiger partial charge in [-0.3, -0.25) is 4.79 Å². The van der Waals surface area contributed by atoms with Crippen LogP contribution in [0.15, 0.2) is 23.0 Å². The number of thiazole rings is 1. The summed E-state index contributed by atoms with van der Waals surface area (Å²) >= 11 is 1.42. The minimum Gasteiger partial charge on any atom is -0.341 e. The molecule has 3 rings (SSSR count). The number of amides is 1. The van der Waals surface area contributed by atoms with E-state index in [0.717, 1.165) is 48.9 Å². The number of hydrogen-bond donors (Lipinski definition) is 0. The van der Waals surface area contributed by atoms with Gasteiger partial charge in [0, 0.05) is 42.0 Å². The van der Waals surface area contributed by atoms with Crippen LogP contribution in [0.25, 0.3) is 0 Å². The van der Waals surface area contributed by atoms with Crippen molar-refractivity contribution in [3.05, 3.63) is 38.9 Å². The van der Waals surface area contributed by atoms with Gasteiger partial charge in [0.05, 0.1) is 5.01 Å². The molecule has 0 unspecified atom stereocenters. The molecule has 0 spiro atoms. The largest absolute Gasteiger partial charge is 0.341 e. The van der Waals surface area contributed by atoms with E-state index in [1.807, 2.05) is 12.4 Å². The smallest absolute Gasteiger partial charge is 0.335 e. The summed E-state index contributed by atoms with van der Waals surface area (Å²) < 4.78 is 0. The summed E-state index contributed by atoms with van der Waals surface area (Å²) in [6.45, 7) is 3.78. The number of rotatable bonds is 4. The van der Waals surface area contributed by atoms with Crippen LogP contribution in [0.5, 0.6) is 0 Å². The van der Waals surface area contributed by atoms with Crippen LogP contribution >= 0.6 is 11.3 Å². The van der Waals surface area contributed by atoms with Gasteiger partial charge in [0.15, 0.2) is 0 Å². The van der Waals surface area contributed by atoms with E-state index in [1.165, 1.54) is 11.3 Å². The van der Waals surface area contributed by atoms with Crippen LogP contribution in [0.3, 0.4) is 0 Å². The topological polar surface area (TPSA) is 88.4 Å². The van der Waals surface area contributed by atoms with Crippen LogP contribution in [0, 0.1) is 4.91 Å². The summed E-state index contributed by atoms with van der Waals surface area (Å²) in [6, 6.07) is 0. The maximum atomic E-state index is 11.2. The fourth-order valence-corrected chi connectivity index (χ4v) is 3.61. The van der Waals surface area contributed by atoms with Crippen molar-refractivity contribution in [3.8, 4) is 0 Å². The molecule has 7 nitrogen and oxygen atoms in total. The Morgan fingerprint density at radius 2 is 2.04 bits per heavy atom. The Labute approximate surface area is 137 Å². The van der Waals surface area contributed by atoms with Crippen molar-refractivity contribution in [1.29, 1.82) is 0 Å². The number of aromatic nitrogens is 3. The highest BCUT2D eigenvalue weighted by Gasteiger charge is 2.25. The van der Waals surface area contributed by atoms with E-state index in [-0.39, 0.29) is 5.69 Å². The zero-order valence-corrected chi connectivity index (χ0v) is 13.6. The molecule has 3 heterocycles. The lowest BCUT2D eigenvalue weighted by Gasteiger charge is -2.31. The predicted molar refractivity (Wildman–Crippen MR) is 87.8 cm³/mol. The monoisotopic (exact) mass is 331 g/mol. The molecule has 0 atom stereocenters. The molecule has 0 aliphatic carbocycles. The summed E-state index contributed by atoms with van der Waals surface area (Å²) in [5.74, 6) is 0.273. The van der Waals surface area contributed by atoms with E-state index in [1.54, 1.807) is 5.38 Å². The molecule has 2 aromatic heterocycles. The molecule has 0 N–H and O–H groups in total. The molecule has 1 amide bonds. The Morgan fingerprint density at radius 1 is 1.35 bits per heavy atom. The SMILES string of the molecule is CCc1cnc(N2CCC(c3nc(C(=O)N=O)cs3)CC2)nc1. The maximum absolute atomic E-state index is 11.2. The van der Waals surface area contributed by atoms with E-state index in [0.29, 0.717) is 5.92 Å². The lowest BCUT2D eigenvalue weighted by atomic mass is 9.98. The van der Waals surface area contributed by atoms with Gasteiger partial charge >= 0.3 is 5.91 Å². The van der Waals surface area contributed by atoms with Crippen LogP contribution in [-0.4, -0.2) is 33.9 Å². The van der Waals surface area contributed by atoms with Gasteiger partial charge in [-0.05, 0) is 24.8 Å². The highest BCUT2D eigenvalue weighted by Crippen LogP contribution is 2.31. The molecule has 23 heavy (non-hydrogen) atoms. The molecule has 2 aromatic rings. The molecule has 1 aliphatic rings. The molecule has 0 aromatic carbocycles. The van der Waals surface area contributed by atoms with Crippen molar-refractivity contribution in [3.63, 3.8) is 0 Å². The van der Waals surface area contributed by atoms with Crippen molar-refractivity contribution in [2.24, 2.45) is 5.18 Å². The van der Waals surface area contributed by atoms with Crippen LogP contribution in [0.2, 0.25) is 0 Å². The van der Waals surface area contributed by atoms with Crippen LogP contribution in [0.1, 0.15) is 46.7 Å². The second-order valence-corrected chi connectivity index (χ2v) is 6.36. The minimum atomic E-state index is -0.797. The fourth-order valence-electron chi connectivity index (χ4n) is 2.64. The Kier molecular flexibility index (Phi) is 4.71. The molecule has 1 fully saturated rings. The predicted octanol–water partition coefficient (Wildman–Crippen LogP) is 2.79. The van der Waals surface area contributed by atoms with Crippen LogP contribution in [0.4, 0.5) is 5.95 Å². The van der Waals surface area contributed by atoms with Crippen molar-refractivity contribution in [1.82, 2.24) is 15.0 Å². The number of nitrogens with zero attached hydrogens (tertiary/aromatic N) is 5. The molecule has 8 heteroatoms. The Morgan fingerprint density at radius 3 is 2.65 bits per heavy atom. The van der Waals surface area contributed by atoms with Crippen LogP contribution < -0.4 is 4.90 Å². The third-order valence-electron chi connectivity index (χ3n) is 4.05. The molecule has 1 aliphatic heterocycles. The Balaban J connectivity index is 1.62. The summed E-state index contributed by atoms with van der Waals surface area (Å²) in [6.07, 6.45) is 6.53.